The van der Waals surface area contributed by atoms with Crippen molar-refractivity contribution in [3.05, 3.63) is 30.0 Å². The van der Waals surface area contributed by atoms with Crippen molar-refractivity contribution >= 4 is 16.7 Å². The number of carbonyl (C=O) groups excluding carboxylic acids is 1. The highest BCUT2D eigenvalue weighted by Crippen LogP contribution is 2.33. The van der Waals surface area contributed by atoms with Gasteiger partial charge in [-0.05, 0) is 50.3 Å². The number of rotatable bonds is 2. The van der Waals surface area contributed by atoms with Crippen LogP contribution in [0.4, 0.5) is 0 Å². The van der Waals surface area contributed by atoms with Gasteiger partial charge >= 0.3 is 0 Å². The van der Waals surface area contributed by atoms with Gasteiger partial charge in [0.2, 0.25) is 0 Å². The van der Waals surface area contributed by atoms with Crippen molar-refractivity contribution in [3.8, 4) is 0 Å². The highest BCUT2D eigenvalue weighted by Gasteiger charge is 2.20. The minimum Gasteiger partial charge on any atom is -0.300 e. The molecule has 0 radical (unpaired) electrons. The van der Waals surface area contributed by atoms with Gasteiger partial charge in [-0.2, -0.15) is 5.10 Å². The Balaban J connectivity index is 1.92. The lowest BCUT2D eigenvalue weighted by Crippen LogP contribution is -2.12. The lowest BCUT2D eigenvalue weighted by molar-refractivity contribution is -0.120. The van der Waals surface area contributed by atoms with Gasteiger partial charge in [0.05, 0.1) is 11.7 Å². The highest BCUT2D eigenvalue weighted by atomic mass is 16.1. The molecule has 100 valence electrons. The Bertz CT molecular complexity index is 602. The third-order valence-electron chi connectivity index (χ3n) is 4.12. The van der Waals surface area contributed by atoms with E-state index in [1.165, 1.54) is 16.5 Å². The smallest absolute Gasteiger partial charge is 0.132 e. The van der Waals surface area contributed by atoms with Crippen LogP contribution in [-0.2, 0) is 4.79 Å². The van der Waals surface area contributed by atoms with Crippen LogP contribution in [0, 0.1) is 0 Å². The monoisotopic (exact) mass is 256 g/mol. The molecule has 0 unspecified atom stereocenters. The SMILES string of the molecule is CC(C)n1ncc2cc(C3CCC(=O)CC3)ccc21. The van der Waals surface area contributed by atoms with E-state index < -0.39 is 0 Å². The molecule has 3 rings (SSSR count). The molecule has 0 amide bonds. The third kappa shape index (κ3) is 2.29. The van der Waals surface area contributed by atoms with Gasteiger partial charge in [0.25, 0.3) is 0 Å². The van der Waals surface area contributed by atoms with Crippen molar-refractivity contribution in [1.82, 2.24) is 9.78 Å². The average molecular weight is 256 g/mol. The average Bonchev–Trinajstić information content (AvgIpc) is 2.82. The molecule has 1 aliphatic carbocycles. The number of nitrogens with zero attached hydrogens (tertiary/aromatic N) is 2. The van der Waals surface area contributed by atoms with Gasteiger partial charge in [0, 0.05) is 24.3 Å². The number of ketones is 1. The molecule has 1 aliphatic rings. The largest absolute Gasteiger partial charge is 0.300 e. The molecular weight excluding hydrogens is 236 g/mol. The summed E-state index contributed by atoms with van der Waals surface area (Å²) in [5.74, 6) is 0.967. The van der Waals surface area contributed by atoms with Crippen molar-refractivity contribution in [1.29, 1.82) is 0 Å². The summed E-state index contributed by atoms with van der Waals surface area (Å²) in [6.45, 7) is 4.29. The van der Waals surface area contributed by atoms with E-state index in [2.05, 4.69) is 41.8 Å². The fraction of sp³-hybridized carbons (Fsp3) is 0.500. The van der Waals surface area contributed by atoms with Crippen LogP contribution in [0.3, 0.4) is 0 Å². The molecule has 0 bridgehead atoms. The van der Waals surface area contributed by atoms with E-state index in [0.29, 0.717) is 17.7 Å². The van der Waals surface area contributed by atoms with E-state index in [4.69, 9.17) is 0 Å². The second kappa shape index (κ2) is 4.80. The predicted octanol–water partition coefficient (Wildman–Crippen LogP) is 3.84. The first-order valence-corrected chi connectivity index (χ1v) is 7.14. The lowest BCUT2D eigenvalue weighted by atomic mass is 9.83. The van der Waals surface area contributed by atoms with Crippen molar-refractivity contribution < 1.29 is 4.79 Å². The van der Waals surface area contributed by atoms with Crippen molar-refractivity contribution in [2.45, 2.75) is 51.5 Å². The zero-order chi connectivity index (χ0) is 13.4. The number of carbonyl (C=O) groups is 1. The van der Waals surface area contributed by atoms with E-state index in [1.54, 1.807) is 0 Å². The van der Waals surface area contributed by atoms with Crippen LogP contribution in [0.25, 0.3) is 10.9 Å². The Labute approximate surface area is 113 Å². The molecule has 0 aliphatic heterocycles. The zero-order valence-electron chi connectivity index (χ0n) is 11.6. The molecule has 1 aromatic carbocycles. The molecule has 1 aromatic heterocycles. The fourth-order valence-corrected chi connectivity index (χ4v) is 3.01. The minimum absolute atomic E-state index is 0.385. The number of benzene rings is 1. The van der Waals surface area contributed by atoms with Crippen LogP contribution in [0.1, 0.15) is 57.1 Å². The Kier molecular flexibility index (Phi) is 3.13. The number of Topliss-reactive ketones (excluding diaryl/α,β-unsaturated/α-hetero) is 1. The molecule has 3 heteroatoms. The maximum absolute atomic E-state index is 11.3. The standard InChI is InChI=1S/C16H20N2O/c1-11(2)18-16-8-5-13(9-14(16)10-17-18)12-3-6-15(19)7-4-12/h5,8-12H,3-4,6-7H2,1-2H3. The van der Waals surface area contributed by atoms with E-state index >= 15 is 0 Å². The molecule has 0 N–H and O–H groups in total. The van der Waals surface area contributed by atoms with Crippen molar-refractivity contribution in [2.24, 2.45) is 0 Å². The summed E-state index contributed by atoms with van der Waals surface area (Å²) in [5, 5.41) is 5.67. The molecule has 1 fully saturated rings. The lowest BCUT2D eigenvalue weighted by Gasteiger charge is -2.21. The number of aromatic nitrogens is 2. The van der Waals surface area contributed by atoms with E-state index in [-0.39, 0.29) is 0 Å². The van der Waals surface area contributed by atoms with E-state index in [9.17, 15) is 4.79 Å². The van der Waals surface area contributed by atoms with Gasteiger partial charge in [0.15, 0.2) is 0 Å². The van der Waals surface area contributed by atoms with Gasteiger partial charge in [-0.3, -0.25) is 9.48 Å². The molecule has 1 saturated carbocycles. The second-order valence-electron chi connectivity index (χ2n) is 5.81. The number of hydrogen-bond acceptors (Lipinski definition) is 2. The zero-order valence-corrected chi connectivity index (χ0v) is 11.6. The van der Waals surface area contributed by atoms with E-state index in [1.807, 2.05) is 6.20 Å². The molecule has 0 atom stereocenters. The Morgan fingerprint density at radius 3 is 2.68 bits per heavy atom. The first-order valence-electron chi connectivity index (χ1n) is 7.14. The summed E-state index contributed by atoms with van der Waals surface area (Å²) < 4.78 is 2.06. The van der Waals surface area contributed by atoms with Gasteiger partial charge < -0.3 is 0 Å². The summed E-state index contributed by atoms with van der Waals surface area (Å²) in [6, 6.07) is 7.02. The Morgan fingerprint density at radius 2 is 2.00 bits per heavy atom. The van der Waals surface area contributed by atoms with Crippen LogP contribution >= 0.6 is 0 Å². The molecule has 2 aromatic rings. The number of fused-ring (bicyclic) bond motifs is 1. The summed E-state index contributed by atoms with van der Waals surface area (Å²) in [6.07, 6.45) is 5.44. The maximum atomic E-state index is 11.3. The first-order chi connectivity index (χ1) is 9.15. The maximum Gasteiger partial charge on any atom is 0.132 e. The molecule has 19 heavy (non-hydrogen) atoms. The van der Waals surface area contributed by atoms with Crippen molar-refractivity contribution in [2.75, 3.05) is 0 Å². The molecule has 3 nitrogen and oxygen atoms in total. The number of hydrogen-bond donors (Lipinski definition) is 0. The third-order valence-corrected chi connectivity index (χ3v) is 4.12. The Morgan fingerprint density at radius 1 is 1.26 bits per heavy atom. The van der Waals surface area contributed by atoms with Crippen LogP contribution in [-0.4, -0.2) is 15.6 Å². The van der Waals surface area contributed by atoms with Gasteiger partial charge in [-0.1, -0.05) is 6.07 Å². The van der Waals surface area contributed by atoms with Crippen LogP contribution < -0.4 is 0 Å². The van der Waals surface area contributed by atoms with E-state index in [0.717, 1.165) is 25.7 Å². The highest BCUT2D eigenvalue weighted by molar-refractivity contribution is 5.81. The summed E-state index contributed by atoms with van der Waals surface area (Å²) in [4.78, 5) is 11.3. The Hall–Kier alpha value is -1.64. The fourth-order valence-electron chi connectivity index (χ4n) is 3.01. The summed E-state index contributed by atoms with van der Waals surface area (Å²) in [7, 11) is 0. The quantitative estimate of drug-likeness (QED) is 0.818. The van der Waals surface area contributed by atoms with Gasteiger partial charge in [-0.15, -0.1) is 0 Å². The topological polar surface area (TPSA) is 34.9 Å². The van der Waals surface area contributed by atoms with Gasteiger partial charge in [0.1, 0.15) is 5.78 Å². The predicted molar refractivity (Wildman–Crippen MR) is 76.3 cm³/mol. The molecular formula is C16H20N2O. The molecule has 1 heterocycles. The van der Waals surface area contributed by atoms with Crippen LogP contribution in [0.2, 0.25) is 0 Å². The minimum atomic E-state index is 0.385. The summed E-state index contributed by atoms with van der Waals surface area (Å²) in [5.41, 5.74) is 2.56. The van der Waals surface area contributed by atoms with Crippen molar-refractivity contribution in [3.63, 3.8) is 0 Å². The molecule has 0 saturated heterocycles. The second-order valence-corrected chi connectivity index (χ2v) is 5.81. The van der Waals surface area contributed by atoms with Crippen LogP contribution in [0.15, 0.2) is 24.4 Å². The molecule has 0 spiro atoms. The normalized spacial score (nSPS) is 17.5. The van der Waals surface area contributed by atoms with Gasteiger partial charge in [-0.25, -0.2) is 0 Å². The summed E-state index contributed by atoms with van der Waals surface area (Å²) >= 11 is 0. The van der Waals surface area contributed by atoms with Crippen LogP contribution in [0.5, 0.6) is 0 Å². The first kappa shape index (κ1) is 12.4.